The molecule has 0 radical (unpaired) electrons. The number of methoxy groups -OCH3 is 1. The monoisotopic (exact) mass is 357 g/mol. The van der Waals surface area contributed by atoms with Crippen molar-refractivity contribution >= 4 is 21.6 Å². The van der Waals surface area contributed by atoms with Crippen molar-refractivity contribution < 1.29 is 18.6 Å². The molecule has 3 nitrogen and oxygen atoms in total. The van der Waals surface area contributed by atoms with Gasteiger partial charge in [0.25, 0.3) is 0 Å². The van der Waals surface area contributed by atoms with Gasteiger partial charge in [0.05, 0.1) is 23.3 Å². The first kappa shape index (κ1) is 15.6. The number of phenols is 1. The summed E-state index contributed by atoms with van der Waals surface area (Å²) in [6.07, 6.45) is 0. The Kier molecular flexibility index (Phi) is 4.67. The number of benzene rings is 2. The maximum atomic E-state index is 13.8. The lowest BCUT2D eigenvalue weighted by atomic mass is 10.1. The van der Waals surface area contributed by atoms with E-state index in [1.807, 2.05) is 0 Å². The summed E-state index contributed by atoms with van der Waals surface area (Å²) in [6.45, 7) is 1.73. The second kappa shape index (κ2) is 6.30. The van der Waals surface area contributed by atoms with Crippen molar-refractivity contribution in [1.82, 2.24) is 0 Å². The highest BCUT2D eigenvalue weighted by Crippen LogP contribution is 2.32. The predicted molar refractivity (Wildman–Crippen MR) is 80.8 cm³/mol. The molecular formula is C15H14BrF2NO2. The molecular weight excluding hydrogens is 344 g/mol. The van der Waals surface area contributed by atoms with Gasteiger partial charge in [0.15, 0.2) is 0 Å². The van der Waals surface area contributed by atoms with E-state index in [0.717, 1.165) is 12.1 Å². The lowest BCUT2D eigenvalue weighted by Crippen LogP contribution is -2.09. The summed E-state index contributed by atoms with van der Waals surface area (Å²) in [5.41, 5.74) is 0.544. The van der Waals surface area contributed by atoms with E-state index < -0.39 is 17.7 Å². The van der Waals surface area contributed by atoms with Gasteiger partial charge in [-0.2, -0.15) is 0 Å². The molecule has 2 aromatic carbocycles. The van der Waals surface area contributed by atoms with Crippen LogP contribution in [0.5, 0.6) is 11.5 Å². The summed E-state index contributed by atoms with van der Waals surface area (Å²) in [6, 6.07) is 6.43. The molecule has 0 saturated heterocycles. The highest BCUT2D eigenvalue weighted by molar-refractivity contribution is 9.10. The van der Waals surface area contributed by atoms with Gasteiger partial charge in [0.1, 0.15) is 23.1 Å². The van der Waals surface area contributed by atoms with E-state index in [4.69, 9.17) is 4.74 Å². The number of aromatic hydroxyl groups is 1. The average Bonchev–Trinajstić information content (AvgIpc) is 2.45. The Bertz CT molecular complexity index is 664. The highest BCUT2D eigenvalue weighted by atomic mass is 79.9. The molecule has 0 aliphatic heterocycles. The maximum Gasteiger partial charge on any atom is 0.147 e. The predicted octanol–water partition coefficient (Wildman–Crippen LogP) is 4.61. The number of rotatable bonds is 4. The summed E-state index contributed by atoms with van der Waals surface area (Å²) in [7, 11) is 1.51. The van der Waals surface area contributed by atoms with Crippen molar-refractivity contribution in [2.75, 3.05) is 12.4 Å². The molecule has 1 atom stereocenters. The van der Waals surface area contributed by atoms with Gasteiger partial charge >= 0.3 is 0 Å². The number of phenolic OH excluding ortho intramolecular Hbond substituents is 1. The van der Waals surface area contributed by atoms with E-state index in [0.29, 0.717) is 11.3 Å². The first-order valence-corrected chi connectivity index (χ1v) is 6.99. The van der Waals surface area contributed by atoms with E-state index in [-0.39, 0.29) is 15.9 Å². The molecule has 0 fully saturated rings. The zero-order valence-corrected chi connectivity index (χ0v) is 13.0. The van der Waals surface area contributed by atoms with Gasteiger partial charge < -0.3 is 15.2 Å². The van der Waals surface area contributed by atoms with Crippen molar-refractivity contribution in [1.29, 1.82) is 0 Å². The topological polar surface area (TPSA) is 41.5 Å². The lowest BCUT2D eigenvalue weighted by Gasteiger charge is -2.18. The smallest absolute Gasteiger partial charge is 0.147 e. The SMILES string of the molecule is COc1ccc(O)c(C(C)Nc2cc(F)c(Br)cc2F)c1. The van der Waals surface area contributed by atoms with Crippen LogP contribution in [0.4, 0.5) is 14.5 Å². The van der Waals surface area contributed by atoms with Crippen molar-refractivity contribution in [2.24, 2.45) is 0 Å². The molecule has 0 aliphatic carbocycles. The Labute approximate surface area is 129 Å². The van der Waals surface area contributed by atoms with Crippen LogP contribution < -0.4 is 10.1 Å². The number of ether oxygens (including phenoxy) is 1. The maximum absolute atomic E-state index is 13.8. The molecule has 0 amide bonds. The normalized spacial score (nSPS) is 12.0. The average molecular weight is 358 g/mol. The summed E-state index contributed by atoms with van der Waals surface area (Å²) in [5.74, 6) is -0.536. The Hall–Kier alpha value is -1.82. The number of nitrogens with one attached hydrogen (secondary N) is 1. The second-order valence-corrected chi connectivity index (χ2v) is 5.39. The third kappa shape index (κ3) is 3.44. The van der Waals surface area contributed by atoms with Gasteiger partial charge in [0.2, 0.25) is 0 Å². The van der Waals surface area contributed by atoms with E-state index >= 15 is 0 Å². The fourth-order valence-electron chi connectivity index (χ4n) is 1.95. The van der Waals surface area contributed by atoms with Crippen molar-refractivity contribution in [2.45, 2.75) is 13.0 Å². The molecule has 6 heteroatoms. The first-order chi connectivity index (χ1) is 9.92. The number of hydrogen-bond donors (Lipinski definition) is 2. The molecule has 21 heavy (non-hydrogen) atoms. The van der Waals surface area contributed by atoms with Gasteiger partial charge in [0, 0.05) is 11.6 Å². The van der Waals surface area contributed by atoms with Crippen molar-refractivity contribution in [3.8, 4) is 11.5 Å². The van der Waals surface area contributed by atoms with Crippen LogP contribution in [0.2, 0.25) is 0 Å². The fourth-order valence-corrected chi connectivity index (χ4v) is 2.27. The van der Waals surface area contributed by atoms with Crippen LogP contribution in [0.3, 0.4) is 0 Å². The minimum Gasteiger partial charge on any atom is -0.508 e. The molecule has 0 aromatic heterocycles. The van der Waals surface area contributed by atoms with Gasteiger partial charge in [-0.25, -0.2) is 8.78 Å². The summed E-state index contributed by atoms with van der Waals surface area (Å²) in [4.78, 5) is 0. The van der Waals surface area contributed by atoms with Crippen molar-refractivity contribution in [3.05, 3.63) is 52.0 Å². The van der Waals surface area contributed by atoms with Crippen LogP contribution in [0.25, 0.3) is 0 Å². The van der Waals surface area contributed by atoms with Gasteiger partial charge in [-0.15, -0.1) is 0 Å². The van der Waals surface area contributed by atoms with E-state index in [2.05, 4.69) is 21.2 Å². The van der Waals surface area contributed by atoms with Gasteiger partial charge in [-0.1, -0.05) is 0 Å². The Morgan fingerprint density at radius 2 is 1.90 bits per heavy atom. The van der Waals surface area contributed by atoms with E-state index in [9.17, 15) is 13.9 Å². The fraction of sp³-hybridized carbons (Fsp3) is 0.200. The molecule has 0 bridgehead atoms. The molecule has 2 N–H and O–H groups in total. The molecule has 0 heterocycles. The first-order valence-electron chi connectivity index (χ1n) is 6.20. The number of hydrogen-bond acceptors (Lipinski definition) is 3. The minimum absolute atomic E-state index is 0.0189. The third-order valence-electron chi connectivity index (χ3n) is 3.08. The third-order valence-corrected chi connectivity index (χ3v) is 3.69. The van der Waals surface area contributed by atoms with Crippen LogP contribution in [0.1, 0.15) is 18.5 Å². The van der Waals surface area contributed by atoms with Crippen LogP contribution in [-0.2, 0) is 0 Å². The Morgan fingerprint density at radius 3 is 2.57 bits per heavy atom. The lowest BCUT2D eigenvalue weighted by molar-refractivity contribution is 0.410. The zero-order chi connectivity index (χ0) is 15.6. The molecule has 0 saturated carbocycles. The molecule has 2 aromatic rings. The summed E-state index contributed by atoms with van der Waals surface area (Å²) in [5, 5.41) is 12.7. The zero-order valence-electron chi connectivity index (χ0n) is 11.5. The highest BCUT2D eigenvalue weighted by Gasteiger charge is 2.15. The van der Waals surface area contributed by atoms with Crippen molar-refractivity contribution in [3.63, 3.8) is 0 Å². The van der Waals surface area contributed by atoms with E-state index in [1.165, 1.54) is 13.2 Å². The van der Waals surface area contributed by atoms with E-state index in [1.54, 1.807) is 19.1 Å². The van der Waals surface area contributed by atoms with Crippen LogP contribution in [0, 0.1) is 11.6 Å². The molecule has 2 rings (SSSR count). The largest absolute Gasteiger partial charge is 0.508 e. The molecule has 0 spiro atoms. The van der Waals surface area contributed by atoms with Gasteiger partial charge in [-0.3, -0.25) is 0 Å². The molecule has 1 unspecified atom stereocenters. The summed E-state index contributed by atoms with van der Waals surface area (Å²) < 4.78 is 32.4. The molecule has 112 valence electrons. The van der Waals surface area contributed by atoms with Gasteiger partial charge in [-0.05, 0) is 47.1 Å². The molecule has 0 aliphatic rings. The van der Waals surface area contributed by atoms with Crippen LogP contribution in [0.15, 0.2) is 34.8 Å². The number of halogens is 3. The summed E-state index contributed by atoms with van der Waals surface area (Å²) >= 11 is 2.92. The second-order valence-electron chi connectivity index (χ2n) is 4.54. The standard InChI is InChI=1S/C15H14BrF2NO2/c1-8(10-5-9(21-2)3-4-15(10)20)19-14-7-12(17)11(16)6-13(14)18/h3-8,19-20H,1-2H3. The van der Waals surface area contributed by atoms with Crippen LogP contribution in [-0.4, -0.2) is 12.2 Å². The minimum atomic E-state index is -0.586. The quantitative estimate of drug-likeness (QED) is 0.784. The number of anilines is 1. The Balaban J connectivity index is 2.30. The van der Waals surface area contributed by atoms with Crippen LogP contribution >= 0.6 is 15.9 Å². The Morgan fingerprint density at radius 1 is 1.19 bits per heavy atom.